The zero-order valence-corrected chi connectivity index (χ0v) is 24.2. The number of hydrogen-bond donors (Lipinski definition) is 0. The first-order valence-electron chi connectivity index (χ1n) is 15.4. The van der Waals surface area contributed by atoms with Crippen molar-refractivity contribution < 1.29 is 4.79 Å². The molecule has 1 aliphatic rings. The van der Waals surface area contributed by atoms with Crippen molar-refractivity contribution in [1.82, 2.24) is 0 Å². The number of fused-ring (bicyclic) bond motifs is 3. The first-order chi connectivity index (χ1) is 18.6. The van der Waals surface area contributed by atoms with Crippen molar-refractivity contribution in [3.63, 3.8) is 0 Å². The van der Waals surface area contributed by atoms with Crippen LogP contribution in [0.2, 0.25) is 0 Å². The van der Waals surface area contributed by atoms with E-state index in [2.05, 4.69) is 69.3 Å². The summed E-state index contributed by atoms with van der Waals surface area (Å²) < 4.78 is 0. The smallest absolute Gasteiger partial charge is 0.150 e. The molecule has 3 aromatic rings. The van der Waals surface area contributed by atoms with E-state index in [4.69, 9.17) is 0 Å². The van der Waals surface area contributed by atoms with Crippen LogP contribution in [0.1, 0.15) is 131 Å². The highest BCUT2D eigenvalue weighted by molar-refractivity contribution is 5.84. The van der Waals surface area contributed by atoms with E-state index < -0.39 is 0 Å². The molecule has 0 spiro atoms. The average Bonchev–Trinajstić information content (AvgIpc) is 3.21. The molecule has 0 aromatic heterocycles. The van der Waals surface area contributed by atoms with E-state index in [0.29, 0.717) is 0 Å². The van der Waals surface area contributed by atoms with Crippen LogP contribution >= 0.6 is 0 Å². The van der Waals surface area contributed by atoms with Crippen LogP contribution in [0.25, 0.3) is 22.3 Å². The van der Waals surface area contributed by atoms with E-state index in [1.54, 1.807) is 5.56 Å². The van der Waals surface area contributed by atoms with E-state index >= 15 is 0 Å². The van der Waals surface area contributed by atoms with Crippen molar-refractivity contribution in [2.75, 3.05) is 0 Å². The lowest BCUT2D eigenvalue weighted by molar-refractivity contribution is 0.112. The fourth-order valence-corrected chi connectivity index (χ4v) is 6.62. The highest BCUT2D eigenvalue weighted by Gasteiger charge is 2.42. The molecular formula is C37H48O. The molecule has 0 bridgehead atoms. The molecule has 1 heteroatoms. The first-order valence-corrected chi connectivity index (χ1v) is 15.4. The molecule has 0 amide bonds. The second kappa shape index (κ2) is 13.9. The molecule has 1 nitrogen and oxygen atoms in total. The predicted octanol–water partition coefficient (Wildman–Crippen LogP) is 11.2. The summed E-state index contributed by atoms with van der Waals surface area (Å²) in [4.78, 5) is 11.2. The number of carbonyl (C=O) groups excluding carboxylic acids is 1. The number of hydrogen-bond acceptors (Lipinski definition) is 1. The summed E-state index contributed by atoms with van der Waals surface area (Å²) in [6.07, 6.45) is 19.5. The summed E-state index contributed by atoms with van der Waals surface area (Å²) in [6, 6.07) is 22.4. The van der Waals surface area contributed by atoms with Gasteiger partial charge < -0.3 is 0 Å². The molecule has 1 aliphatic carbocycles. The van der Waals surface area contributed by atoms with Crippen LogP contribution in [0.4, 0.5) is 0 Å². The lowest BCUT2D eigenvalue weighted by Gasteiger charge is -2.33. The van der Waals surface area contributed by atoms with Crippen LogP contribution in [0, 0.1) is 6.92 Å². The summed E-state index contributed by atoms with van der Waals surface area (Å²) in [6.45, 7) is 6.85. The maximum absolute atomic E-state index is 11.2. The number of carbonyl (C=O) groups is 1. The van der Waals surface area contributed by atoms with Gasteiger partial charge in [-0.05, 0) is 59.2 Å². The Morgan fingerprint density at radius 2 is 1.08 bits per heavy atom. The number of rotatable bonds is 16. The topological polar surface area (TPSA) is 17.1 Å². The molecule has 0 atom stereocenters. The monoisotopic (exact) mass is 508 g/mol. The predicted molar refractivity (Wildman–Crippen MR) is 164 cm³/mol. The second-order valence-corrected chi connectivity index (χ2v) is 11.7. The van der Waals surface area contributed by atoms with Crippen LogP contribution in [0.5, 0.6) is 0 Å². The van der Waals surface area contributed by atoms with Crippen LogP contribution in [-0.4, -0.2) is 6.29 Å². The van der Waals surface area contributed by atoms with E-state index in [1.165, 1.54) is 123 Å². The van der Waals surface area contributed by atoms with Crippen LogP contribution in [0.15, 0.2) is 60.7 Å². The molecule has 4 rings (SSSR count). The van der Waals surface area contributed by atoms with Gasteiger partial charge in [0.2, 0.25) is 0 Å². The van der Waals surface area contributed by atoms with Crippen LogP contribution in [0.3, 0.4) is 0 Å². The Balaban J connectivity index is 1.69. The van der Waals surface area contributed by atoms with Gasteiger partial charge in [0.05, 0.1) is 0 Å². The molecule has 0 radical (unpaired) electrons. The Morgan fingerprint density at radius 1 is 0.579 bits per heavy atom. The lowest BCUT2D eigenvalue weighted by Crippen LogP contribution is -2.25. The fourth-order valence-electron chi connectivity index (χ4n) is 6.62. The zero-order valence-electron chi connectivity index (χ0n) is 24.2. The Hall–Kier alpha value is -2.67. The van der Waals surface area contributed by atoms with E-state index in [1.807, 2.05) is 12.1 Å². The van der Waals surface area contributed by atoms with Crippen LogP contribution in [-0.2, 0) is 5.41 Å². The molecule has 0 saturated carbocycles. The van der Waals surface area contributed by atoms with Crippen LogP contribution < -0.4 is 0 Å². The van der Waals surface area contributed by atoms with Gasteiger partial charge in [0.25, 0.3) is 0 Å². The van der Waals surface area contributed by atoms with E-state index in [9.17, 15) is 4.79 Å². The number of aryl methyl sites for hydroxylation is 1. The SMILES string of the molecule is CCCCCCCCC1(CCCCCCCC)c2cc(C)ccc2-c2ccc(-c3ccc(C=O)cc3)cc21. The highest BCUT2D eigenvalue weighted by Crippen LogP contribution is 2.55. The van der Waals surface area contributed by atoms with Gasteiger partial charge in [-0.1, -0.05) is 151 Å². The summed E-state index contributed by atoms with van der Waals surface area (Å²) in [7, 11) is 0. The summed E-state index contributed by atoms with van der Waals surface area (Å²) in [5, 5.41) is 0. The number of unbranched alkanes of at least 4 members (excludes halogenated alkanes) is 10. The van der Waals surface area contributed by atoms with Gasteiger partial charge in [-0.25, -0.2) is 0 Å². The molecule has 0 saturated heterocycles. The van der Waals surface area contributed by atoms with Gasteiger partial charge in [-0.3, -0.25) is 4.79 Å². The summed E-state index contributed by atoms with van der Waals surface area (Å²) >= 11 is 0. The normalized spacial score (nSPS) is 13.3. The summed E-state index contributed by atoms with van der Waals surface area (Å²) in [5.74, 6) is 0. The number of benzene rings is 3. The van der Waals surface area contributed by atoms with Gasteiger partial charge in [0.15, 0.2) is 0 Å². The van der Waals surface area contributed by atoms with Crippen molar-refractivity contribution in [2.45, 2.75) is 116 Å². The minimum Gasteiger partial charge on any atom is -0.298 e. The van der Waals surface area contributed by atoms with Crippen molar-refractivity contribution in [3.05, 3.63) is 82.9 Å². The Labute approximate surface area is 232 Å². The fraction of sp³-hybridized carbons (Fsp3) is 0.486. The second-order valence-electron chi connectivity index (χ2n) is 11.7. The van der Waals surface area contributed by atoms with Crippen molar-refractivity contribution in [2.24, 2.45) is 0 Å². The Kier molecular flexibility index (Phi) is 10.4. The molecule has 0 unspecified atom stereocenters. The molecule has 202 valence electrons. The quantitative estimate of drug-likeness (QED) is 0.139. The van der Waals surface area contributed by atoms with Crippen molar-refractivity contribution in [1.29, 1.82) is 0 Å². The van der Waals surface area contributed by atoms with Crippen molar-refractivity contribution >= 4 is 6.29 Å². The minimum atomic E-state index is 0.102. The first kappa shape index (κ1) is 28.3. The third-order valence-electron chi connectivity index (χ3n) is 8.81. The molecular weight excluding hydrogens is 460 g/mol. The van der Waals surface area contributed by atoms with Crippen molar-refractivity contribution in [3.8, 4) is 22.3 Å². The van der Waals surface area contributed by atoms with Gasteiger partial charge in [0.1, 0.15) is 6.29 Å². The Bertz CT molecular complexity index is 1150. The Morgan fingerprint density at radius 3 is 1.66 bits per heavy atom. The van der Waals surface area contributed by atoms with Gasteiger partial charge in [-0.2, -0.15) is 0 Å². The number of aldehydes is 1. The largest absolute Gasteiger partial charge is 0.298 e. The highest BCUT2D eigenvalue weighted by atomic mass is 16.1. The maximum atomic E-state index is 11.2. The third-order valence-corrected chi connectivity index (χ3v) is 8.81. The van der Waals surface area contributed by atoms with E-state index in [0.717, 1.165) is 11.8 Å². The van der Waals surface area contributed by atoms with Gasteiger partial charge in [0, 0.05) is 11.0 Å². The van der Waals surface area contributed by atoms with E-state index in [-0.39, 0.29) is 5.41 Å². The molecule has 3 aromatic carbocycles. The minimum absolute atomic E-state index is 0.102. The van der Waals surface area contributed by atoms with Gasteiger partial charge in [-0.15, -0.1) is 0 Å². The molecule has 0 fully saturated rings. The summed E-state index contributed by atoms with van der Waals surface area (Å²) in [5.41, 5.74) is 10.7. The lowest BCUT2D eigenvalue weighted by atomic mass is 9.70. The molecule has 0 heterocycles. The molecule has 38 heavy (non-hydrogen) atoms. The van der Waals surface area contributed by atoms with Gasteiger partial charge >= 0.3 is 0 Å². The standard InChI is InChI=1S/C37H48O/c1-4-6-8-10-12-14-24-37(25-15-13-11-9-7-5-2)35-26-29(3)16-22-33(35)34-23-21-32(27-36(34)37)31-19-17-30(28-38)18-20-31/h16-23,26-28H,4-15,24-25H2,1-3H3. The maximum Gasteiger partial charge on any atom is 0.150 e. The zero-order chi connectivity index (χ0) is 26.8. The molecule has 0 N–H and O–H groups in total. The molecule has 0 aliphatic heterocycles. The average molecular weight is 509 g/mol. The third kappa shape index (κ3) is 6.48.